The van der Waals surface area contributed by atoms with E-state index in [1.165, 1.54) is 0 Å². The third kappa shape index (κ3) is 4.56. The van der Waals surface area contributed by atoms with Gasteiger partial charge < -0.3 is 10.6 Å². The molecule has 114 valence electrons. The zero-order chi connectivity index (χ0) is 15.9. The summed E-state index contributed by atoms with van der Waals surface area (Å²) < 4.78 is 0.904. The summed E-state index contributed by atoms with van der Waals surface area (Å²) >= 11 is 2.14. The minimum Gasteiger partial charge on any atom is -0.326 e. The number of rotatable bonds is 5. The molecule has 2 N–H and O–H groups in total. The van der Waals surface area contributed by atoms with Crippen LogP contribution in [-0.4, -0.2) is 11.8 Å². The molecular weight excluding hydrogens is 391 g/mol. The third-order valence-corrected chi connectivity index (χ3v) is 3.96. The van der Waals surface area contributed by atoms with Gasteiger partial charge in [0.25, 0.3) is 5.91 Å². The Kier molecular flexibility index (Phi) is 5.94. The van der Waals surface area contributed by atoms with Gasteiger partial charge in [0.05, 0.1) is 5.56 Å². The van der Waals surface area contributed by atoms with E-state index in [0.717, 1.165) is 15.7 Å². The second-order valence-electron chi connectivity index (χ2n) is 4.81. The van der Waals surface area contributed by atoms with E-state index in [-0.39, 0.29) is 11.8 Å². The highest BCUT2D eigenvalue weighted by Crippen LogP contribution is 2.17. The highest BCUT2D eigenvalue weighted by molar-refractivity contribution is 14.1. The monoisotopic (exact) mass is 408 g/mol. The van der Waals surface area contributed by atoms with Gasteiger partial charge in [-0.1, -0.05) is 19.1 Å². The van der Waals surface area contributed by atoms with Crippen molar-refractivity contribution in [3.8, 4) is 0 Å². The van der Waals surface area contributed by atoms with Crippen molar-refractivity contribution < 1.29 is 9.59 Å². The number of hydrogen-bond donors (Lipinski definition) is 2. The molecule has 2 amide bonds. The molecule has 22 heavy (non-hydrogen) atoms. The van der Waals surface area contributed by atoms with Crippen LogP contribution >= 0.6 is 22.6 Å². The third-order valence-electron chi connectivity index (χ3n) is 3.02. The van der Waals surface area contributed by atoms with Gasteiger partial charge in [-0.15, -0.1) is 0 Å². The van der Waals surface area contributed by atoms with Crippen molar-refractivity contribution in [3.63, 3.8) is 0 Å². The van der Waals surface area contributed by atoms with Gasteiger partial charge in [0.2, 0.25) is 5.91 Å². The molecule has 0 spiro atoms. The molecule has 0 aliphatic carbocycles. The van der Waals surface area contributed by atoms with Crippen LogP contribution in [0, 0.1) is 3.57 Å². The topological polar surface area (TPSA) is 58.2 Å². The predicted molar refractivity (Wildman–Crippen MR) is 97.1 cm³/mol. The lowest BCUT2D eigenvalue weighted by Gasteiger charge is -2.08. The van der Waals surface area contributed by atoms with Gasteiger partial charge in [0.15, 0.2) is 0 Å². The van der Waals surface area contributed by atoms with E-state index >= 15 is 0 Å². The molecule has 5 heteroatoms. The molecule has 0 heterocycles. The average Bonchev–Trinajstić information content (AvgIpc) is 2.50. The molecule has 0 saturated heterocycles. The van der Waals surface area contributed by atoms with Crippen LogP contribution < -0.4 is 10.6 Å². The molecule has 2 aromatic carbocycles. The molecule has 0 saturated carbocycles. The number of hydrogen-bond acceptors (Lipinski definition) is 2. The van der Waals surface area contributed by atoms with Crippen LogP contribution in [0.2, 0.25) is 0 Å². The van der Waals surface area contributed by atoms with Crippen LogP contribution in [0.15, 0.2) is 48.5 Å². The molecule has 2 aromatic rings. The molecule has 0 aliphatic rings. The highest BCUT2D eigenvalue weighted by atomic mass is 127. The maximum Gasteiger partial charge on any atom is 0.256 e. The standard InChI is InChI=1S/C17H17IN2O2/c1-2-5-16(21)19-12-8-10-13(11-9-12)20-17(22)14-6-3-4-7-15(14)18/h3-4,6-11H,2,5H2,1H3,(H,19,21)(H,20,22). The van der Waals surface area contributed by atoms with Crippen LogP contribution in [0.5, 0.6) is 0 Å². The lowest BCUT2D eigenvalue weighted by molar-refractivity contribution is -0.116. The molecule has 4 nitrogen and oxygen atoms in total. The van der Waals surface area contributed by atoms with E-state index in [1.807, 2.05) is 25.1 Å². The summed E-state index contributed by atoms with van der Waals surface area (Å²) in [4.78, 5) is 23.7. The summed E-state index contributed by atoms with van der Waals surface area (Å²) in [7, 11) is 0. The van der Waals surface area contributed by atoms with Crippen molar-refractivity contribution in [1.29, 1.82) is 0 Å². The molecule has 2 rings (SSSR count). The first-order chi connectivity index (χ1) is 10.6. The Balaban J connectivity index is 2.01. The van der Waals surface area contributed by atoms with Crippen LogP contribution in [0.3, 0.4) is 0 Å². The molecule has 0 aliphatic heterocycles. The summed E-state index contributed by atoms with van der Waals surface area (Å²) in [5.74, 6) is -0.147. The minimum absolute atomic E-state index is 0.00174. The first-order valence-corrected chi connectivity index (χ1v) is 8.14. The lowest BCUT2D eigenvalue weighted by Crippen LogP contribution is -2.13. The fourth-order valence-corrected chi connectivity index (χ4v) is 2.56. The van der Waals surface area contributed by atoms with Crippen LogP contribution in [-0.2, 0) is 4.79 Å². The number of benzene rings is 2. The van der Waals surface area contributed by atoms with Crippen LogP contribution in [0.1, 0.15) is 30.1 Å². The number of amides is 2. The van der Waals surface area contributed by atoms with Crippen molar-refractivity contribution in [3.05, 3.63) is 57.7 Å². The van der Waals surface area contributed by atoms with E-state index < -0.39 is 0 Å². The quantitative estimate of drug-likeness (QED) is 0.726. The molecule has 0 aromatic heterocycles. The zero-order valence-electron chi connectivity index (χ0n) is 12.2. The summed E-state index contributed by atoms with van der Waals surface area (Å²) in [6, 6.07) is 14.5. The zero-order valence-corrected chi connectivity index (χ0v) is 14.4. The first kappa shape index (κ1) is 16.5. The molecule has 0 fully saturated rings. The Morgan fingerprint density at radius 2 is 1.55 bits per heavy atom. The van der Waals surface area contributed by atoms with Crippen molar-refractivity contribution in [2.45, 2.75) is 19.8 Å². The fraction of sp³-hybridized carbons (Fsp3) is 0.176. The van der Waals surface area contributed by atoms with E-state index in [2.05, 4.69) is 33.2 Å². The lowest BCUT2D eigenvalue weighted by atomic mass is 10.2. The van der Waals surface area contributed by atoms with E-state index in [1.54, 1.807) is 30.3 Å². The predicted octanol–water partition coefficient (Wildman–Crippen LogP) is 4.28. The van der Waals surface area contributed by atoms with Gasteiger partial charge in [-0.2, -0.15) is 0 Å². The van der Waals surface area contributed by atoms with E-state index in [0.29, 0.717) is 17.7 Å². The molecule has 0 bridgehead atoms. The Morgan fingerprint density at radius 1 is 0.955 bits per heavy atom. The average molecular weight is 408 g/mol. The first-order valence-electron chi connectivity index (χ1n) is 7.06. The second kappa shape index (κ2) is 7.93. The van der Waals surface area contributed by atoms with E-state index in [9.17, 15) is 9.59 Å². The van der Waals surface area contributed by atoms with Gasteiger partial charge >= 0.3 is 0 Å². The number of nitrogens with one attached hydrogen (secondary N) is 2. The summed E-state index contributed by atoms with van der Waals surface area (Å²) in [6.45, 7) is 1.96. The molecule has 0 atom stereocenters. The van der Waals surface area contributed by atoms with Gasteiger partial charge in [-0.05, 0) is 65.4 Å². The van der Waals surface area contributed by atoms with Crippen LogP contribution in [0.4, 0.5) is 11.4 Å². The Hall–Kier alpha value is -1.89. The number of anilines is 2. The minimum atomic E-state index is -0.146. The van der Waals surface area contributed by atoms with E-state index in [4.69, 9.17) is 0 Å². The highest BCUT2D eigenvalue weighted by Gasteiger charge is 2.09. The van der Waals surface area contributed by atoms with Gasteiger partial charge in [-0.3, -0.25) is 9.59 Å². The van der Waals surface area contributed by atoms with Gasteiger partial charge in [0.1, 0.15) is 0 Å². The number of carbonyl (C=O) groups excluding carboxylic acids is 2. The van der Waals surface area contributed by atoms with Gasteiger partial charge in [0, 0.05) is 21.4 Å². The summed E-state index contributed by atoms with van der Waals surface area (Å²) in [5, 5.41) is 5.66. The number of carbonyl (C=O) groups is 2. The van der Waals surface area contributed by atoms with Crippen molar-refractivity contribution in [1.82, 2.24) is 0 Å². The van der Waals surface area contributed by atoms with Crippen molar-refractivity contribution >= 4 is 45.8 Å². The fourth-order valence-electron chi connectivity index (χ4n) is 1.93. The van der Waals surface area contributed by atoms with Crippen molar-refractivity contribution in [2.75, 3.05) is 10.6 Å². The number of halogens is 1. The SMILES string of the molecule is CCCC(=O)Nc1ccc(NC(=O)c2ccccc2I)cc1. The van der Waals surface area contributed by atoms with Gasteiger partial charge in [-0.25, -0.2) is 0 Å². The summed E-state index contributed by atoms with van der Waals surface area (Å²) in [6.07, 6.45) is 1.32. The molecule has 0 unspecified atom stereocenters. The smallest absolute Gasteiger partial charge is 0.256 e. The molecule has 0 radical (unpaired) electrons. The molecular formula is C17H17IN2O2. The maximum absolute atomic E-state index is 12.2. The Labute approximate surface area is 143 Å². The summed E-state index contributed by atoms with van der Waals surface area (Å²) in [5.41, 5.74) is 2.06. The second-order valence-corrected chi connectivity index (χ2v) is 5.97. The van der Waals surface area contributed by atoms with Crippen LogP contribution in [0.25, 0.3) is 0 Å². The van der Waals surface area contributed by atoms with Crippen molar-refractivity contribution in [2.24, 2.45) is 0 Å². The Morgan fingerprint density at radius 3 is 2.14 bits per heavy atom. The maximum atomic E-state index is 12.2. The largest absolute Gasteiger partial charge is 0.326 e. The normalized spacial score (nSPS) is 10.1. The Bertz CT molecular complexity index is 669.